The number of aromatic hydroxyl groups is 1. The first-order chi connectivity index (χ1) is 8.06. The summed E-state index contributed by atoms with van der Waals surface area (Å²) >= 11 is 0. The molecule has 0 aliphatic heterocycles. The quantitative estimate of drug-likeness (QED) is 0.868. The van der Waals surface area contributed by atoms with Crippen LogP contribution in [0.3, 0.4) is 0 Å². The van der Waals surface area contributed by atoms with Crippen molar-refractivity contribution < 1.29 is 23.0 Å². The molecule has 2 aromatic rings. The summed E-state index contributed by atoms with van der Waals surface area (Å²) < 4.78 is 43.5. The SMILES string of the molecule is Oc1cc(F)ccc1Oc1ccc(F)cc1F. The molecule has 0 radical (unpaired) electrons. The third-order valence-corrected chi connectivity index (χ3v) is 2.03. The molecule has 2 aromatic carbocycles. The van der Waals surface area contributed by atoms with Crippen LogP contribution >= 0.6 is 0 Å². The maximum Gasteiger partial charge on any atom is 0.169 e. The molecule has 0 amide bonds. The van der Waals surface area contributed by atoms with Gasteiger partial charge in [-0.05, 0) is 24.3 Å². The highest BCUT2D eigenvalue weighted by atomic mass is 19.1. The van der Waals surface area contributed by atoms with Crippen molar-refractivity contribution in [3.8, 4) is 17.2 Å². The van der Waals surface area contributed by atoms with Gasteiger partial charge in [-0.3, -0.25) is 0 Å². The zero-order chi connectivity index (χ0) is 12.4. The summed E-state index contributed by atoms with van der Waals surface area (Å²) in [5.41, 5.74) is 0. The molecule has 0 saturated carbocycles. The normalized spacial score (nSPS) is 10.3. The Bertz CT molecular complexity index is 506. The van der Waals surface area contributed by atoms with Gasteiger partial charge in [-0.25, -0.2) is 13.2 Å². The molecule has 1 N–H and O–H groups in total. The Balaban J connectivity index is 2.31. The number of benzene rings is 2. The predicted molar refractivity (Wildman–Crippen MR) is 54.5 cm³/mol. The highest BCUT2D eigenvalue weighted by molar-refractivity contribution is 5.42. The zero-order valence-electron chi connectivity index (χ0n) is 8.45. The van der Waals surface area contributed by atoms with Crippen LogP contribution < -0.4 is 4.74 Å². The standard InChI is InChI=1S/C12H7F3O2/c13-7-1-3-11(9(15)5-7)17-12-4-2-8(14)6-10(12)16/h1-6,16H. The van der Waals surface area contributed by atoms with Crippen molar-refractivity contribution in [2.24, 2.45) is 0 Å². The van der Waals surface area contributed by atoms with Gasteiger partial charge in [0.15, 0.2) is 23.1 Å². The largest absolute Gasteiger partial charge is 0.504 e. The van der Waals surface area contributed by atoms with Crippen LogP contribution in [0.2, 0.25) is 0 Å². The Hall–Kier alpha value is -2.17. The summed E-state index contributed by atoms with van der Waals surface area (Å²) in [7, 11) is 0. The molecule has 0 bridgehead atoms. The molecule has 0 unspecified atom stereocenters. The Morgan fingerprint density at radius 2 is 1.41 bits per heavy atom. The fourth-order valence-corrected chi connectivity index (χ4v) is 1.25. The average molecular weight is 240 g/mol. The number of ether oxygens (including phenoxy) is 1. The zero-order valence-corrected chi connectivity index (χ0v) is 8.45. The van der Waals surface area contributed by atoms with Crippen LogP contribution in [-0.2, 0) is 0 Å². The van der Waals surface area contributed by atoms with Crippen LogP contribution in [0.5, 0.6) is 17.2 Å². The van der Waals surface area contributed by atoms with Gasteiger partial charge >= 0.3 is 0 Å². The summed E-state index contributed by atoms with van der Waals surface area (Å²) in [4.78, 5) is 0. The van der Waals surface area contributed by atoms with Crippen molar-refractivity contribution in [2.75, 3.05) is 0 Å². The van der Waals surface area contributed by atoms with Crippen molar-refractivity contribution in [3.63, 3.8) is 0 Å². The van der Waals surface area contributed by atoms with Crippen molar-refractivity contribution in [3.05, 3.63) is 53.8 Å². The molecule has 0 aliphatic rings. The smallest absolute Gasteiger partial charge is 0.169 e. The molecule has 2 nitrogen and oxygen atoms in total. The molecule has 0 aromatic heterocycles. The van der Waals surface area contributed by atoms with E-state index in [4.69, 9.17) is 4.74 Å². The van der Waals surface area contributed by atoms with Gasteiger partial charge in [0.05, 0.1) is 0 Å². The van der Waals surface area contributed by atoms with E-state index in [9.17, 15) is 18.3 Å². The van der Waals surface area contributed by atoms with E-state index in [1.165, 1.54) is 0 Å². The van der Waals surface area contributed by atoms with Gasteiger partial charge < -0.3 is 9.84 Å². The minimum Gasteiger partial charge on any atom is -0.504 e. The van der Waals surface area contributed by atoms with E-state index in [0.29, 0.717) is 6.07 Å². The van der Waals surface area contributed by atoms with Crippen molar-refractivity contribution in [1.82, 2.24) is 0 Å². The maximum atomic E-state index is 13.2. The number of phenolic OH excluding ortho intramolecular Hbond substituents is 1. The average Bonchev–Trinajstić information content (AvgIpc) is 2.25. The van der Waals surface area contributed by atoms with Crippen LogP contribution in [0.15, 0.2) is 36.4 Å². The number of hydrogen-bond donors (Lipinski definition) is 1. The van der Waals surface area contributed by atoms with Gasteiger partial charge in [-0.1, -0.05) is 0 Å². The number of phenols is 1. The van der Waals surface area contributed by atoms with Crippen LogP contribution in [0.25, 0.3) is 0 Å². The topological polar surface area (TPSA) is 29.5 Å². The fourth-order valence-electron chi connectivity index (χ4n) is 1.25. The minimum atomic E-state index is -0.909. The van der Waals surface area contributed by atoms with Crippen LogP contribution in [0.4, 0.5) is 13.2 Å². The molecule has 5 heteroatoms. The Labute approximate surface area is 94.9 Å². The van der Waals surface area contributed by atoms with E-state index < -0.39 is 23.2 Å². The third-order valence-electron chi connectivity index (χ3n) is 2.03. The van der Waals surface area contributed by atoms with E-state index in [-0.39, 0.29) is 11.5 Å². The Morgan fingerprint density at radius 3 is 2.00 bits per heavy atom. The number of halogens is 3. The molecule has 0 saturated heterocycles. The highest BCUT2D eigenvalue weighted by Gasteiger charge is 2.09. The lowest BCUT2D eigenvalue weighted by Gasteiger charge is -2.08. The van der Waals surface area contributed by atoms with E-state index in [2.05, 4.69) is 0 Å². The first kappa shape index (κ1) is 11.3. The fraction of sp³-hybridized carbons (Fsp3) is 0. The third kappa shape index (κ3) is 2.50. The minimum absolute atomic E-state index is 0.114. The second-order valence-electron chi connectivity index (χ2n) is 3.29. The summed E-state index contributed by atoms with van der Waals surface area (Å²) in [5.74, 6) is -3.12. The van der Waals surface area contributed by atoms with Gasteiger partial charge in [-0.15, -0.1) is 0 Å². The second kappa shape index (κ2) is 4.37. The van der Waals surface area contributed by atoms with E-state index in [1.807, 2.05) is 0 Å². The first-order valence-corrected chi connectivity index (χ1v) is 4.67. The molecule has 2 rings (SSSR count). The molecule has 88 valence electrons. The summed E-state index contributed by atoms with van der Waals surface area (Å²) in [6.07, 6.45) is 0. The predicted octanol–water partition coefficient (Wildman–Crippen LogP) is 3.60. The summed E-state index contributed by atoms with van der Waals surface area (Å²) in [5, 5.41) is 9.34. The van der Waals surface area contributed by atoms with Gasteiger partial charge in [-0.2, -0.15) is 0 Å². The van der Waals surface area contributed by atoms with Gasteiger partial charge in [0, 0.05) is 12.1 Å². The van der Waals surface area contributed by atoms with Crippen molar-refractivity contribution in [2.45, 2.75) is 0 Å². The van der Waals surface area contributed by atoms with Gasteiger partial charge in [0.2, 0.25) is 0 Å². The van der Waals surface area contributed by atoms with Crippen LogP contribution in [0, 0.1) is 17.5 Å². The molecule has 17 heavy (non-hydrogen) atoms. The molecular formula is C12H7F3O2. The lowest BCUT2D eigenvalue weighted by molar-refractivity contribution is 0.391. The molecule has 0 spiro atoms. The second-order valence-corrected chi connectivity index (χ2v) is 3.29. The van der Waals surface area contributed by atoms with Crippen LogP contribution in [-0.4, -0.2) is 5.11 Å². The number of hydrogen-bond acceptors (Lipinski definition) is 2. The summed E-state index contributed by atoms with van der Waals surface area (Å²) in [6.45, 7) is 0. The summed E-state index contributed by atoms with van der Waals surface area (Å²) in [6, 6.07) is 5.77. The molecule has 0 heterocycles. The van der Waals surface area contributed by atoms with Crippen molar-refractivity contribution >= 4 is 0 Å². The highest BCUT2D eigenvalue weighted by Crippen LogP contribution is 2.32. The van der Waals surface area contributed by atoms with Gasteiger partial charge in [0.1, 0.15) is 11.6 Å². The van der Waals surface area contributed by atoms with Crippen molar-refractivity contribution in [1.29, 1.82) is 0 Å². The maximum absolute atomic E-state index is 13.2. The van der Waals surface area contributed by atoms with E-state index in [1.54, 1.807) is 0 Å². The van der Waals surface area contributed by atoms with Crippen LogP contribution in [0.1, 0.15) is 0 Å². The van der Waals surface area contributed by atoms with Gasteiger partial charge in [0.25, 0.3) is 0 Å². The monoisotopic (exact) mass is 240 g/mol. The number of rotatable bonds is 2. The molecular weight excluding hydrogens is 233 g/mol. The first-order valence-electron chi connectivity index (χ1n) is 4.67. The lowest BCUT2D eigenvalue weighted by Crippen LogP contribution is -1.90. The molecule has 0 fully saturated rings. The Morgan fingerprint density at radius 1 is 0.824 bits per heavy atom. The Kier molecular flexibility index (Phi) is 2.91. The molecule has 0 atom stereocenters. The lowest BCUT2D eigenvalue weighted by atomic mass is 10.3. The van der Waals surface area contributed by atoms with E-state index in [0.717, 1.165) is 30.3 Å². The molecule has 0 aliphatic carbocycles. The van der Waals surface area contributed by atoms with E-state index >= 15 is 0 Å².